The smallest absolute Gasteiger partial charge is 0.270 e. The molecular weight excluding hydrogens is 553 g/mol. The van der Waals surface area contributed by atoms with Gasteiger partial charge in [-0.05, 0) is 55.3 Å². The van der Waals surface area contributed by atoms with Crippen LogP contribution in [0.5, 0.6) is 0 Å². The second-order valence-electron chi connectivity index (χ2n) is 8.71. The highest BCUT2D eigenvalue weighted by molar-refractivity contribution is 7.89. The van der Waals surface area contributed by atoms with Crippen molar-refractivity contribution in [3.8, 4) is 0 Å². The fraction of sp³-hybridized carbons (Fsp3) is 0.231. The number of thiazole rings is 1. The third-order valence-electron chi connectivity index (χ3n) is 5.98. The van der Waals surface area contributed by atoms with Gasteiger partial charge in [-0.1, -0.05) is 58.3 Å². The van der Waals surface area contributed by atoms with Crippen LogP contribution in [-0.2, 0) is 29.7 Å². The number of hydrogen-bond acceptors (Lipinski definition) is 6. The van der Waals surface area contributed by atoms with E-state index in [2.05, 4.69) is 4.99 Å². The number of aryl methyl sites for hydroxylation is 1. The number of rotatable bonds is 7. The van der Waals surface area contributed by atoms with Gasteiger partial charge in [-0.3, -0.25) is 14.4 Å². The van der Waals surface area contributed by atoms with Crippen LogP contribution in [0.4, 0.5) is 0 Å². The summed E-state index contributed by atoms with van der Waals surface area (Å²) in [6.07, 6.45) is 2.52. The normalized spacial score (nSPS) is 14.1. The highest BCUT2D eigenvalue weighted by Crippen LogP contribution is 2.27. The molecule has 0 saturated heterocycles. The summed E-state index contributed by atoms with van der Waals surface area (Å²) < 4.78 is 36.7. The van der Waals surface area contributed by atoms with E-state index < -0.39 is 10.0 Å². The standard InChI is InChI=1S/C26H23Cl2N3O4S2/c1-17-3-9-22(10-4-17)37(33,34)30(15-18-5-6-19(27)13-23(18)28)16-21-8-7-20(35-21)14-24-25(32)31-12-2-11-29-26(31)36-24/h3-10,13-14H,2,11-12,15-16H2,1H3/b24-14-. The van der Waals surface area contributed by atoms with Crippen LogP contribution < -0.4 is 14.9 Å². The monoisotopic (exact) mass is 575 g/mol. The summed E-state index contributed by atoms with van der Waals surface area (Å²) in [5.41, 5.74) is 1.47. The van der Waals surface area contributed by atoms with E-state index >= 15 is 0 Å². The predicted molar refractivity (Wildman–Crippen MR) is 145 cm³/mol. The Morgan fingerprint density at radius 1 is 1.11 bits per heavy atom. The molecule has 0 bridgehead atoms. The summed E-state index contributed by atoms with van der Waals surface area (Å²) in [5, 5.41) is 0.837. The number of sulfonamides is 1. The summed E-state index contributed by atoms with van der Waals surface area (Å²) in [6.45, 7) is 3.26. The van der Waals surface area contributed by atoms with Gasteiger partial charge >= 0.3 is 0 Å². The third kappa shape index (κ3) is 5.61. The van der Waals surface area contributed by atoms with E-state index in [-0.39, 0.29) is 23.5 Å². The number of halogens is 2. The van der Waals surface area contributed by atoms with Gasteiger partial charge in [-0.15, -0.1) is 0 Å². The summed E-state index contributed by atoms with van der Waals surface area (Å²) in [4.78, 5) is 18.0. The summed E-state index contributed by atoms with van der Waals surface area (Å²) in [7, 11) is -3.89. The fourth-order valence-corrected chi connectivity index (χ4v) is 6.87. The van der Waals surface area contributed by atoms with Crippen LogP contribution >= 0.6 is 34.5 Å². The number of hydrogen-bond donors (Lipinski definition) is 0. The van der Waals surface area contributed by atoms with Gasteiger partial charge in [0.25, 0.3) is 5.56 Å². The lowest BCUT2D eigenvalue weighted by atomic mass is 10.2. The molecule has 0 radical (unpaired) electrons. The van der Waals surface area contributed by atoms with Gasteiger partial charge in [-0.2, -0.15) is 4.31 Å². The molecule has 1 aliphatic heterocycles. The Morgan fingerprint density at radius 3 is 2.62 bits per heavy atom. The molecule has 3 heterocycles. The minimum atomic E-state index is -3.89. The molecule has 2 aromatic carbocycles. The minimum absolute atomic E-state index is 0.0203. The highest BCUT2D eigenvalue weighted by atomic mass is 35.5. The Hall–Kier alpha value is -2.69. The van der Waals surface area contributed by atoms with E-state index in [1.807, 2.05) is 6.92 Å². The van der Waals surface area contributed by atoms with Crippen molar-refractivity contribution in [2.45, 2.75) is 37.9 Å². The van der Waals surface area contributed by atoms with Crippen LogP contribution in [-0.4, -0.2) is 23.8 Å². The van der Waals surface area contributed by atoms with Crippen molar-refractivity contribution in [2.75, 3.05) is 6.54 Å². The van der Waals surface area contributed by atoms with Crippen LogP contribution in [0.15, 0.2) is 73.7 Å². The Labute approximate surface area is 228 Å². The Morgan fingerprint density at radius 2 is 1.89 bits per heavy atom. The lowest BCUT2D eigenvalue weighted by molar-refractivity contribution is 0.357. The van der Waals surface area contributed by atoms with Crippen LogP contribution in [0, 0.1) is 6.92 Å². The van der Waals surface area contributed by atoms with Crippen LogP contribution in [0.2, 0.25) is 10.0 Å². The quantitative estimate of drug-likeness (QED) is 0.327. The molecule has 4 aromatic rings. The Kier molecular flexibility index (Phi) is 7.42. The van der Waals surface area contributed by atoms with Gasteiger partial charge in [0.05, 0.1) is 16.0 Å². The lowest BCUT2D eigenvalue weighted by Crippen LogP contribution is -2.33. The second-order valence-corrected chi connectivity index (χ2v) is 12.5. The predicted octanol–water partition coefficient (Wildman–Crippen LogP) is 4.36. The molecule has 1 aliphatic rings. The molecule has 0 amide bonds. The van der Waals surface area contributed by atoms with Gasteiger partial charge in [0.1, 0.15) is 11.5 Å². The van der Waals surface area contributed by atoms with Crippen molar-refractivity contribution < 1.29 is 12.8 Å². The number of nitrogens with zero attached hydrogens (tertiary/aromatic N) is 3. The molecule has 2 aromatic heterocycles. The molecule has 0 atom stereocenters. The van der Waals surface area contributed by atoms with Crippen molar-refractivity contribution in [3.05, 3.63) is 107 Å². The van der Waals surface area contributed by atoms with Gasteiger partial charge in [0.2, 0.25) is 10.0 Å². The number of aromatic nitrogens is 1. The van der Waals surface area contributed by atoms with E-state index in [1.165, 1.54) is 15.6 Å². The number of fused-ring (bicyclic) bond motifs is 1. The van der Waals surface area contributed by atoms with E-state index in [4.69, 9.17) is 27.6 Å². The highest BCUT2D eigenvalue weighted by Gasteiger charge is 2.27. The first kappa shape index (κ1) is 25.9. The number of furan rings is 1. The Bertz CT molecular complexity index is 1740. The maximum atomic E-state index is 13.6. The van der Waals surface area contributed by atoms with Crippen molar-refractivity contribution in [1.29, 1.82) is 0 Å². The first-order chi connectivity index (χ1) is 17.7. The first-order valence-corrected chi connectivity index (χ1v) is 14.6. The molecular formula is C26H23Cl2N3O4S2. The first-order valence-electron chi connectivity index (χ1n) is 11.6. The van der Waals surface area contributed by atoms with Gasteiger partial charge in [0.15, 0.2) is 4.80 Å². The third-order valence-corrected chi connectivity index (χ3v) is 9.42. The summed E-state index contributed by atoms with van der Waals surface area (Å²) in [6, 6.07) is 15.1. The average molecular weight is 577 g/mol. The largest absolute Gasteiger partial charge is 0.460 e. The molecule has 0 aliphatic carbocycles. The molecule has 0 spiro atoms. The van der Waals surface area contributed by atoms with E-state index in [1.54, 1.807) is 65.2 Å². The zero-order valence-electron chi connectivity index (χ0n) is 19.9. The molecule has 11 heteroatoms. The van der Waals surface area contributed by atoms with Crippen molar-refractivity contribution >= 4 is 50.6 Å². The van der Waals surface area contributed by atoms with Crippen LogP contribution in [0.1, 0.15) is 29.1 Å². The summed E-state index contributed by atoms with van der Waals surface area (Å²) >= 11 is 13.7. The molecule has 0 unspecified atom stereocenters. The number of benzene rings is 2. The van der Waals surface area contributed by atoms with Crippen LogP contribution in [0.3, 0.4) is 0 Å². The van der Waals surface area contributed by atoms with Crippen molar-refractivity contribution in [2.24, 2.45) is 4.99 Å². The maximum absolute atomic E-state index is 13.6. The molecule has 37 heavy (non-hydrogen) atoms. The molecule has 0 fully saturated rings. The average Bonchev–Trinajstić information content (AvgIpc) is 3.44. The lowest BCUT2D eigenvalue weighted by Gasteiger charge is -2.22. The van der Waals surface area contributed by atoms with E-state index in [0.717, 1.165) is 12.0 Å². The zero-order chi connectivity index (χ0) is 26.2. The molecule has 0 saturated carbocycles. The van der Waals surface area contributed by atoms with Gasteiger partial charge < -0.3 is 4.42 Å². The molecule has 5 rings (SSSR count). The van der Waals surface area contributed by atoms with Crippen molar-refractivity contribution in [1.82, 2.24) is 8.87 Å². The molecule has 7 nitrogen and oxygen atoms in total. The van der Waals surface area contributed by atoms with Gasteiger partial charge in [-0.25, -0.2) is 8.42 Å². The Balaban J connectivity index is 1.48. The maximum Gasteiger partial charge on any atom is 0.270 e. The SMILES string of the molecule is Cc1ccc(S(=O)(=O)N(Cc2ccc(/C=c3\sc4n(c3=O)CCCN=4)o2)Cc2ccc(Cl)cc2Cl)cc1. The second kappa shape index (κ2) is 10.6. The molecule has 0 N–H and O–H groups in total. The zero-order valence-corrected chi connectivity index (χ0v) is 23.0. The minimum Gasteiger partial charge on any atom is -0.460 e. The van der Waals surface area contributed by atoms with E-state index in [9.17, 15) is 13.2 Å². The fourth-order valence-electron chi connectivity index (χ4n) is 4.01. The topological polar surface area (TPSA) is 84.9 Å². The summed E-state index contributed by atoms with van der Waals surface area (Å²) in [5.74, 6) is 0.890. The van der Waals surface area contributed by atoms with Crippen LogP contribution in [0.25, 0.3) is 6.08 Å². The van der Waals surface area contributed by atoms with E-state index in [0.29, 0.717) is 49.6 Å². The molecule has 192 valence electrons. The van der Waals surface area contributed by atoms with Gasteiger partial charge in [0, 0.05) is 35.8 Å². The van der Waals surface area contributed by atoms with Crippen molar-refractivity contribution in [3.63, 3.8) is 0 Å².